The number of piperazine rings is 1. The number of anilines is 1. The first-order valence-electron chi connectivity index (χ1n) is 7.37. The van der Waals surface area contributed by atoms with Crippen molar-refractivity contribution in [1.29, 1.82) is 0 Å². The molecule has 2 aliphatic rings. The van der Waals surface area contributed by atoms with Crippen molar-refractivity contribution < 1.29 is 4.79 Å². The first-order valence-corrected chi connectivity index (χ1v) is 7.37. The SMILES string of the molecule is CCNc1cncc(C(=O)N2CCN(C3CC3)CC2)n1. The zero-order valence-electron chi connectivity index (χ0n) is 11.9. The van der Waals surface area contributed by atoms with E-state index in [0.717, 1.165) is 38.8 Å². The Morgan fingerprint density at radius 2 is 2.05 bits per heavy atom. The van der Waals surface area contributed by atoms with Gasteiger partial charge in [0, 0.05) is 38.8 Å². The van der Waals surface area contributed by atoms with Crippen LogP contribution in [-0.2, 0) is 0 Å². The molecule has 0 aromatic carbocycles. The van der Waals surface area contributed by atoms with Crippen LogP contribution in [-0.4, -0.2) is 64.4 Å². The normalized spacial score (nSPS) is 19.9. The Kier molecular flexibility index (Phi) is 3.82. The Balaban J connectivity index is 1.62. The molecule has 2 heterocycles. The molecule has 1 saturated carbocycles. The molecule has 1 saturated heterocycles. The fourth-order valence-corrected chi connectivity index (χ4v) is 2.63. The van der Waals surface area contributed by atoms with E-state index in [1.807, 2.05) is 11.8 Å². The molecule has 6 nitrogen and oxygen atoms in total. The number of nitrogens with one attached hydrogen (secondary N) is 1. The van der Waals surface area contributed by atoms with Gasteiger partial charge in [0.15, 0.2) is 0 Å². The third kappa shape index (κ3) is 2.90. The highest BCUT2D eigenvalue weighted by molar-refractivity contribution is 5.92. The summed E-state index contributed by atoms with van der Waals surface area (Å²) >= 11 is 0. The van der Waals surface area contributed by atoms with Gasteiger partial charge in [0.1, 0.15) is 11.5 Å². The lowest BCUT2D eigenvalue weighted by molar-refractivity contribution is 0.0621. The van der Waals surface area contributed by atoms with E-state index in [9.17, 15) is 4.79 Å². The second kappa shape index (κ2) is 5.75. The molecule has 108 valence electrons. The first-order chi connectivity index (χ1) is 9.78. The number of hydrogen-bond donors (Lipinski definition) is 1. The summed E-state index contributed by atoms with van der Waals surface area (Å²) in [5, 5.41) is 3.08. The van der Waals surface area contributed by atoms with Crippen molar-refractivity contribution in [1.82, 2.24) is 19.8 Å². The lowest BCUT2D eigenvalue weighted by Crippen LogP contribution is -2.49. The maximum absolute atomic E-state index is 12.4. The summed E-state index contributed by atoms with van der Waals surface area (Å²) in [5.74, 6) is 0.655. The Bertz CT molecular complexity index is 480. The molecule has 3 rings (SSSR count). The van der Waals surface area contributed by atoms with Gasteiger partial charge in [-0.05, 0) is 19.8 Å². The standard InChI is InChI=1S/C14H21N5O/c1-2-16-13-10-15-9-12(17-13)14(20)19-7-5-18(6-8-19)11-3-4-11/h9-11H,2-8H2,1H3,(H,16,17). The predicted octanol–water partition coefficient (Wildman–Crippen LogP) is 0.829. The van der Waals surface area contributed by atoms with Crippen molar-refractivity contribution in [2.75, 3.05) is 38.0 Å². The van der Waals surface area contributed by atoms with Crippen molar-refractivity contribution in [3.05, 3.63) is 18.1 Å². The van der Waals surface area contributed by atoms with E-state index < -0.39 is 0 Å². The number of amides is 1. The Labute approximate surface area is 119 Å². The third-order valence-corrected chi connectivity index (χ3v) is 3.88. The van der Waals surface area contributed by atoms with Crippen molar-refractivity contribution in [3.8, 4) is 0 Å². The van der Waals surface area contributed by atoms with E-state index in [2.05, 4.69) is 20.2 Å². The Morgan fingerprint density at radius 1 is 1.30 bits per heavy atom. The smallest absolute Gasteiger partial charge is 0.274 e. The van der Waals surface area contributed by atoms with E-state index in [1.165, 1.54) is 12.8 Å². The average molecular weight is 275 g/mol. The lowest BCUT2D eigenvalue weighted by Gasteiger charge is -2.34. The molecule has 0 atom stereocenters. The minimum Gasteiger partial charge on any atom is -0.369 e. The van der Waals surface area contributed by atoms with Gasteiger partial charge in [-0.3, -0.25) is 14.7 Å². The summed E-state index contributed by atoms with van der Waals surface area (Å²) in [6.45, 7) is 6.32. The van der Waals surface area contributed by atoms with Gasteiger partial charge in [-0.1, -0.05) is 0 Å². The van der Waals surface area contributed by atoms with Crippen LogP contribution < -0.4 is 5.32 Å². The molecule has 0 bridgehead atoms. The van der Waals surface area contributed by atoms with E-state index in [-0.39, 0.29) is 5.91 Å². The summed E-state index contributed by atoms with van der Waals surface area (Å²) in [6.07, 6.45) is 5.84. The summed E-state index contributed by atoms with van der Waals surface area (Å²) < 4.78 is 0. The first kappa shape index (κ1) is 13.3. The molecule has 2 fully saturated rings. The summed E-state index contributed by atoms with van der Waals surface area (Å²) in [7, 11) is 0. The van der Waals surface area contributed by atoms with Gasteiger partial charge < -0.3 is 10.2 Å². The topological polar surface area (TPSA) is 61.4 Å². The largest absolute Gasteiger partial charge is 0.369 e. The van der Waals surface area contributed by atoms with Gasteiger partial charge in [-0.2, -0.15) is 0 Å². The highest BCUT2D eigenvalue weighted by Crippen LogP contribution is 2.27. The molecule has 1 aromatic heterocycles. The van der Waals surface area contributed by atoms with Gasteiger partial charge in [0.2, 0.25) is 0 Å². The van der Waals surface area contributed by atoms with Crippen molar-refractivity contribution in [2.45, 2.75) is 25.8 Å². The minimum absolute atomic E-state index is 0.00676. The quantitative estimate of drug-likeness (QED) is 0.882. The van der Waals surface area contributed by atoms with E-state index >= 15 is 0 Å². The van der Waals surface area contributed by atoms with Crippen molar-refractivity contribution in [2.24, 2.45) is 0 Å². The Hall–Kier alpha value is -1.69. The highest BCUT2D eigenvalue weighted by atomic mass is 16.2. The molecule has 1 amide bonds. The van der Waals surface area contributed by atoms with Gasteiger partial charge in [0.05, 0.1) is 12.4 Å². The number of carbonyl (C=O) groups is 1. The fraction of sp³-hybridized carbons (Fsp3) is 0.643. The monoisotopic (exact) mass is 275 g/mol. The summed E-state index contributed by atoms with van der Waals surface area (Å²) in [5.41, 5.74) is 0.434. The van der Waals surface area contributed by atoms with Crippen LogP contribution in [0.4, 0.5) is 5.82 Å². The highest BCUT2D eigenvalue weighted by Gasteiger charge is 2.32. The molecule has 20 heavy (non-hydrogen) atoms. The second-order valence-electron chi connectivity index (χ2n) is 5.38. The molecule has 0 spiro atoms. The van der Waals surface area contributed by atoms with E-state index in [0.29, 0.717) is 11.5 Å². The third-order valence-electron chi connectivity index (χ3n) is 3.88. The maximum Gasteiger partial charge on any atom is 0.274 e. The zero-order valence-corrected chi connectivity index (χ0v) is 11.9. The molecule has 1 aliphatic carbocycles. The molecule has 1 aromatic rings. The van der Waals surface area contributed by atoms with Crippen LogP contribution in [0.25, 0.3) is 0 Å². The van der Waals surface area contributed by atoms with Gasteiger partial charge >= 0.3 is 0 Å². The maximum atomic E-state index is 12.4. The minimum atomic E-state index is -0.00676. The van der Waals surface area contributed by atoms with Crippen molar-refractivity contribution >= 4 is 11.7 Å². The molecule has 1 N–H and O–H groups in total. The number of nitrogens with zero attached hydrogens (tertiary/aromatic N) is 4. The van der Waals surface area contributed by atoms with Crippen LogP contribution in [0.2, 0.25) is 0 Å². The number of aromatic nitrogens is 2. The van der Waals surface area contributed by atoms with Crippen LogP contribution in [0.5, 0.6) is 0 Å². The lowest BCUT2D eigenvalue weighted by atomic mass is 10.2. The van der Waals surface area contributed by atoms with E-state index in [1.54, 1.807) is 12.4 Å². The zero-order chi connectivity index (χ0) is 13.9. The van der Waals surface area contributed by atoms with Crippen LogP contribution >= 0.6 is 0 Å². The Morgan fingerprint density at radius 3 is 2.70 bits per heavy atom. The van der Waals surface area contributed by atoms with Crippen LogP contribution in [0, 0.1) is 0 Å². The fourth-order valence-electron chi connectivity index (χ4n) is 2.63. The molecule has 1 aliphatic heterocycles. The molecular formula is C14H21N5O. The van der Waals surface area contributed by atoms with Crippen LogP contribution in [0.3, 0.4) is 0 Å². The van der Waals surface area contributed by atoms with Gasteiger partial charge in [0.25, 0.3) is 5.91 Å². The van der Waals surface area contributed by atoms with Crippen LogP contribution in [0.1, 0.15) is 30.3 Å². The van der Waals surface area contributed by atoms with Crippen LogP contribution in [0.15, 0.2) is 12.4 Å². The second-order valence-corrected chi connectivity index (χ2v) is 5.38. The summed E-state index contributed by atoms with van der Waals surface area (Å²) in [6, 6.07) is 0.782. The molecule has 0 radical (unpaired) electrons. The summed E-state index contributed by atoms with van der Waals surface area (Å²) in [4.78, 5) is 25.2. The molecule has 0 unspecified atom stereocenters. The van der Waals surface area contributed by atoms with Gasteiger partial charge in [-0.15, -0.1) is 0 Å². The molecule has 6 heteroatoms. The average Bonchev–Trinajstić information content (AvgIpc) is 3.32. The molecular weight excluding hydrogens is 254 g/mol. The van der Waals surface area contributed by atoms with Gasteiger partial charge in [-0.25, -0.2) is 4.98 Å². The van der Waals surface area contributed by atoms with Crippen molar-refractivity contribution in [3.63, 3.8) is 0 Å². The number of carbonyl (C=O) groups excluding carboxylic acids is 1. The van der Waals surface area contributed by atoms with E-state index in [4.69, 9.17) is 0 Å². The number of hydrogen-bond acceptors (Lipinski definition) is 5. The number of rotatable bonds is 4. The predicted molar refractivity (Wildman–Crippen MR) is 76.7 cm³/mol.